The van der Waals surface area contributed by atoms with Crippen molar-refractivity contribution in [3.05, 3.63) is 0 Å². The molecule has 0 rings (SSSR count). The fourth-order valence-corrected chi connectivity index (χ4v) is 2.30. The molecule has 6 nitrogen and oxygen atoms in total. The number of ether oxygens (including phenoxy) is 2. The zero-order valence-electron chi connectivity index (χ0n) is 19.9. The van der Waals surface area contributed by atoms with Crippen molar-refractivity contribution in [2.75, 3.05) is 40.4 Å². The van der Waals surface area contributed by atoms with Gasteiger partial charge in [-0.2, -0.15) is 52.7 Å². The largest absolute Gasteiger partial charge is 0.459 e. The van der Waals surface area contributed by atoms with E-state index in [2.05, 4.69) is 9.47 Å². The Morgan fingerprint density at radius 2 is 1.07 bits per heavy atom. The molecule has 0 saturated heterocycles. The second kappa shape index (κ2) is 13.1. The predicted molar refractivity (Wildman–Crippen MR) is 98.6 cm³/mol. The summed E-state index contributed by atoms with van der Waals surface area (Å²) in [6, 6.07) is -2.37. The highest BCUT2D eigenvalue weighted by Gasteiger charge is 2.76. The number of nitrogens with zero attached hydrogens (tertiary/aromatic N) is 1. The average molecular weight is 632 g/mol. The van der Waals surface area contributed by atoms with Gasteiger partial charge >= 0.3 is 60.3 Å². The third kappa shape index (κ3) is 8.38. The number of hydrogen-bond acceptors (Lipinski definition) is 6. The van der Waals surface area contributed by atoms with Crippen molar-refractivity contribution >= 4 is 11.9 Å². The zero-order valence-corrected chi connectivity index (χ0v) is 19.9. The number of carbonyl (C=O) groups is 2. The van der Waals surface area contributed by atoms with E-state index in [0.29, 0.717) is 0 Å². The molecule has 0 aliphatic carbocycles. The van der Waals surface area contributed by atoms with E-state index in [9.17, 15) is 79.8 Å². The van der Waals surface area contributed by atoms with Crippen LogP contribution in [0.1, 0.15) is 6.42 Å². The highest BCUT2D eigenvalue weighted by Crippen LogP contribution is 2.49. The van der Waals surface area contributed by atoms with Gasteiger partial charge < -0.3 is 19.7 Å². The van der Waals surface area contributed by atoms with E-state index in [4.69, 9.17) is 0 Å². The molecule has 0 saturated carbocycles. The van der Waals surface area contributed by atoms with Gasteiger partial charge in [0.2, 0.25) is 0 Å². The van der Waals surface area contributed by atoms with Crippen LogP contribution in [0.25, 0.3) is 0 Å². The van der Waals surface area contributed by atoms with Crippen LogP contribution in [-0.4, -0.2) is 112 Å². The highest BCUT2D eigenvalue weighted by atomic mass is 19.4. The van der Waals surface area contributed by atoms with Gasteiger partial charge in [-0.3, -0.25) is 9.59 Å². The van der Waals surface area contributed by atoms with Crippen molar-refractivity contribution in [2.45, 2.75) is 60.8 Å². The lowest BCUT2D eigenvalue weighted by Crippen LogP contribution is -2.59. The zero-order chi connectivity index (χ0) is 32.1. The molecule has 40 heavy (non-hydrogen) atoms. The molecule has 0 bridgehead atoms. The third-order valence-corrected chi connectivity index (χ3v) is 4.72. The van der Waals surface area contributed by atoms with Gasteiger partial charge in [0, 0.05) is 13.1 Å². The maximum absolute atomic E-state index is 13.6. The van der Waals surface area contributed by atoms with Crippen LogP contribution in [0.4, 0.5) is 70.2 Å². The molecular weight excluding hydrogens is 612 g/mol. The van der Waals surface area contributed by atoms with E-state index in [1.807, 2.05) is 5.32 Å². The van der Waals surface area contributed by atoms with Crippen molar-refractivity contribution < 1.29 is 89.3 Å². The van der Waals surface area contributed by atoms with Gasteiger partial charge in [-0.15, -0.1) is 0 Å². The number of hydrogen-bond donors (Lipinski definition) is 1. The Bertz CT molecular complexity index is 854. The normalized spacial score (nSPS) is 15.1. The molecule has 1 atom stereocenters. The van der Waals surface area contributed by atoms with E-state index in [-0.39, 0.29) is 6.54 Å². The van der Waals surface area contributed by atoms with E-state index in [0.717, 1.165) is 0 Å². The smallest absolute Gasteiger partial charge is 0.381 e. The van der Waals surface area contributed by atoms with Crippen molar-refractivity contribution in [1.29, 1.82) is 0 Å². The molecule has 0 aliphatic rings. The quantitative estimate of drug-likeness (QED) is 0.191. The van der Waals surface area contributed by atoms with E-state index in [1.165, 1.54) is 19.0 Å². The standard InChI is InChI=1S/C18H20F16N2O4/c1-36(2)4-3-35-8(10(38)40-7-14(25,26)18(33,34)16(29,30)12(21)22)5-9(37)39-6-13(23,24)17(31,32)15(27,28)11(19)20/h8,11-12,35H,3-7H2,1-2H3. The second-order valence-electron chi connectivity index (χ2n) is 8.19. The minimum Gasteiger partial charge on any atom is -0.459 e. The van der Waals surface area contributed by atoms with Crippen LogP contribution in [0.15, 0.2) is 0 Å². The van der Waals surface area contributed by atoms with E-state index in [1.54, 1.807) is 0 Å². The first-order valence-corrected chi connectivity index (χ1v) is 10.2. The van der Waals surface area contributed by atoms with Crippen LogP contribution in [-0.2, 0) is 19.1 Å². The lowest BCUT2D eigenvalue weighted by Gasteiger charge is -2.32. The number of carbonyl (C=O) groups excluding carboxylic acids is 2. The lowest BCUT2D eigenvalue weighted by molar-refractivity contribution is -0.344. The molecule has 0 heterocycles. The SMILES string of the molecule is CN(C)CCNC(CC(=O)OCC(F)(F)C(F)(F)C(F)(F)C(F)F)C(=O)OCC(F)(F)C(F)(F)C(F)(F)C(F)F. The maximum atomic E-state index is 13.6. The Balaban J connectivity index is 5.62. The number of nitrogens with one attached hydrogen (secondary N) is 1. The van der Waals surface area contributed by atoms with Gasteiger partial charge in [0.15, 0.2) is 13.2 Å². The van der Waals surface area contributed by atoms with Crippen LogP contribution >= 0.6 is 0 Å². The Labute approximate surface area is 213 Å². The van der Waals surface area contributed by atoms with Gasteiger partial charge in [0.25, 0.3) is 0 Å². The first-order chi connectivity index (χ1) is 17.7. The summed E-state index contributed by atoms with van der Waals surface area (Å²) < 4.78 is 215. The summed E-state index contributed by atoms with van der Waals surface area (Å²) in [5.41, 5.74) is 0. The molecule has 1 unspecified atom stereocenters. The molecular formula is C18H20F16N2O4. The Morgan fingerprint density at radius 1 is 0.700 bits per heavy atom. The maximum Gasteiger partial charge on any atom is 0.381 e. The first kappa shape index (κ1) is 37.7. The second-order valence-corrected chi connectivity index (χ2v) is 8.19. The summed E-state index contributed by atoms with van der Waals surface area (Å²) >= 11 is 0. The number of halogens is 16. The van der Waals surface area contributed by atoms with Gasteiger partial charge in [-0.25, -0.2) is 17.6 Å². The lowest BCUT2D eigenvalue weighted by atomic mass is 10.1. The Morgan fingerprint density at radius 3 is 1.43 bits per heavy atom. The molecule has 238 valence electrons. The minimum absolute atomic E-state index is 0.0827. The summed E-state index contributed by atoms with van der Waals surface area (Å²) in [5.74, 6) is -43.5. The molecule has 0 aromatic rings. The molecule has 0 aliphatic heterocycles. The number of rotatable bonds is 17. The van der Waals surface area contributed by atoms with Crippen molar-refractivity contribution in [3.8, 4) is 0 Å². The number of likely N-dealkylation sites (N-methyl/N-ethyl adjacent to an activating group) is 1. The van der Waals surface area contributed by atoms with Crippen molar-refractivity contribution in [2.24, 2.45) is 0 Å². The average Bonchev–Trinajstić information content (AvgIpc) is 2.79. The summed E-state index contributed by atoms with van der Waals surface area (Å²) in [4.78, 5) is 25.1. The van der Waals surface area contributed by atoms with Crippen LogP contribution in [0.2, 0.25) is 0 Å². The summed E-state index contributed by atoms with van der Waals surface area (Å²) in [6.07, 6.45) is -12.3. The van der Waals surface area contributed by atoms with E-state index >= 15 is 0 Å². The molecule has 0 aromatic heterocycles. The van der Waals surface area contributed by atoms with Crippen LogP contribution in [0.3, 0.4) is 0 Å². The van der Waals surface area contributed by atoms with Gasteiger partial charge in [0.05, 0.1) is 6.42 Å². The van der Waals surface area contributed by atoms with Crippen molar-refractivity contribution in [1.82, 2.24) is 10.2 Å². The van der Waals surface area contributed by atoms with Gasteiger partial charge in [-0.1, -0.05) is 0 Å². The molecule has 1 N–H and O–H groups in total. The predicted octanol–water partition coefficient (Wildman–Crippen LogP) is 4.32. The molecule has 22 heteroatoms. The summed E-state index contributed by atoms with van der Waals surface area (Å²) in [7, 11) is 2.79. The minimum atomic E-state index is -6.79. The molecule has 0 spiro atoms. The van der Waals surface area contributed by atoms with Crippen LogP contribution in [0.5, 0.6) is 0 Å². The van der Waals surface area contributed by atoms with Crippen molar-refractivity contribution in [3.63, 3.8) is 0 Å². The van der Waals surface area contributed by atoms with Crippen LogP contribution in [0, 0.1) is 0 Å². The Kier molecular flexibility index (Phi) is 12.4. The fourth-order valence-electron chi connectivity index (χ4n) is 2.30. The molecule has 0 aromatic carbocycles. The van der Waals surface area contributed by atoms with E-state index < -0.39 is 92.5 Å². The molecule has 0 radical (unpaired) electrons. The van der Waals surface area contributed by atoms with Crippen LogP contribution < -0.4 is 5.32 Å². The topological polar surface area (TPSA) is 67.9 Å². The first-order valence-electron chi connectivity index (χ1n) is 10.2. The van der Waals surface area contributed by atoms with Gasteiger partial charge in [-0.05, 0) is 14.1 Å². The monoisotopic (exact) mass is 632 g/mol. The molecule has 0 amide bonds. The third-order valence-electron chi connectivity index (χ3n) is 4.72. The number of esters is 2. The molecule has 0 fully saturated rings. The summed E-state index contributed by atoms with van der Waals surface area (Å²) in [6.45, 7) is -6.49. The number of alkyl halides is 16. The Hall–Kier alpha value is -2.26. The highest BCUT2D eigenvalue weighted by molar-refractivity contribution is 5.82. The summed E-state index contributed by atoms with van der Waals surface area (Å²) in [5, 5.41) is 2.00. The fraction of sp³-hybridized carbons (Fsp3) is 0.889. The van der Waals surface area contributed by atoms with Gasteiger partial charge in [0.1, 0.15) is 6.04 Å².